The average Bonchev–Trinajstić information content (AvgIpc) is 2.72. The normalized spacial score (nSPS) is 14.0. The molecule has 1 amide bonds. The van der Waals surface area contributed by atoms with E-state index in [1.165, 1.54) is 11.1 Å². The second-order valence-corrected chi connectivity index (χ2v) is 7.04. The Morgan fingerprint density at radius 1 is 1.04 bits per heavy atom. The third-order valence-corrected chi connectivity index (χ3v) is 4.85. The largest absolute Gasteiger partial charge is 0.452 e. The number of carbonyl (C=O) groups excluding carboxylic acids is 2. The molecule has 0 bridgehead atoms. The van der Waals surface area contributed by atoms with Gasteiger partial charge in [-0.25, -0.2) is 4.79 Å². The summed E-state index contributed by atoms with van der Waals surface area (Å²) in [6, 6.07) is 17.5. The van der Waals surface area contributed by atoms with Crippen molar-refractivity contribution in [3.8, 4) is 0 Å². The summed E-state index contributed by atoms with van der Waals surface area (Å²) < 4.78 is 5.20. The third-order valence-electron chi connectivity index (χ3n) is 4.85. The van der Waals surface area contributed by atoms with Crippen LogP contribution in [0.5, 0.6) is 0 Å². The number of amides is 1. The first-order valence-corrected chi connectivity index (χ1v) is 9.34. The lowest BCUT2D eigenvalue weighted by Gasteiger charge is -2.26. The number of ether oxygens (including phenoxy) is 1. The minimum Gasteiger partial charge on any atom is -0.452 e. The quantitative estimate of drug-likeness (QED) is 0.745. The fraction of sp³-hybridized carbons (Fsp3) is 0.304. The van der Waals surface area contributed by atoms with Crippen molar-refractivity contribution < 1.29 is 14.3 Å². The number of hydrogen-bond donors (Lipinski definition) is 0. The first-order valence-electron chi connectivity index (χ1n) is 9.34. The van der Waals surface area contributed by atoms with E-state index in [4.69, 9.17) is 4.74 Å². The van der Waals surface area contributed by atoms with Gasteiger partial charge in [0.15, 0.2) is 6.61 Å². The molecule has 0 saturated carbocycles. The van der Waals surface area contributed by atoms with Crippen molar-refractivity contribution in [2.45, 2.75) is 26.2 Å². The molecule has 0 aromatic heterocycles. The van der Waals surface area contributed by atoms with Gasteiger partial charge in [0.05, 0.1) is 5.56 Å². The number of nitrogens with zero attached hydrogens (tertiary/aromatic N) is 1. The van der Waals surface area contributed by atoms with Gasteiger partial charge >= 0.3 is 5.97 Å². The van der Waals surface area contributed by atoms with E-state index in [0.717, 1.165) is 12.0 Å². The van der Waals surface area contributed by atoms with Gasteiger partial charge < -0.3 is 9.64 Å². The highest BCUT2D eigenvalue weighted by Gasteiger charge is 2.19. The van der Waals surface area contributed by atoms with E-state index < -0.39 is 5.97 Å². The van der Waals surface area contributed by atoms with Gasteiger partial charge in [-0.3, -0.25) is 4.79 Å². The zero-order valence-corrected chi connectivity index (χ0v) is 15.9. The molecule has 0 radical (unpaired) electrons. The standard InChI is InChI=1S/C23H25NO3/c1-17(2)18-8-10-21(11-9-18)23(26)27-16-22(25)24-14-12-20(13-15-24)19-6-4-3-5-7-19/h3-12,17H,13-16H2,1-2H3. The molecular weight excluding hydrogens is 338 g/mol. The molecule has 2 aromatic rings. The van der Waals surface area contributed by atoms with Crippen LogP contribution in [0.1, 0.15) is 47.7 Å². The van der Waals surface area contributed by atoms with Crippen LogP contribution in [0.2, 0.25) is 0 Å². The molecule has 0 fully saturated rings. The molecule has 27 heavy (non-hydrogen) atoms. The summed E-state index contributed by atoms with van der Waals surface area (Å²) in [4.78, 5) is 26.2. The Labute approximate surface area is 160 Å². The summed E-state index contributed by atoms with van der Waals surface area (Å²) in [5.41, 5.74) is 4.08. The van der Waals surface area contributed by atoms with Crippen LogP contribution in [0.4, 0.5) is 0 Å². The second kappa shape index (κ2) is 8.67. The van der Waals surface area contributed by atoms with Crippen molar-refractivity contribution in [3.63, 3.8) is 0 Å². The molecular formula is C23H25NO3. The Balaban J connectivity index is 1.51. The lowest BCUT2D eigenvalue weighted by Crippen LogP contribution is -2.37. The van der Waals surface area contributed by atoms with E-state index >= 15 is 0 Å². The molecule has 3 rings (SSSR count). The van der Waals surface area contributed by atoms with Crippen molar-refractivity contribution in [1.29, 1.82) is 0 Å². The summed E-state index contributed by atoms with van der Waals surface area (Å²) in [7, 11) is 0. The van der Waals surface area contributed by atoms with Crippen LogP contribution in [-0.4, -0.2) is 36.5 Å². The van der Waals surface area contributed by atoms with Crippen LogP contribution >= 0.6 is 0 Å². The molecule has 0 spiro atoms. The van der Waals surface area contributed by atoms with Gasteiger partial charge in [0, 0.05) is 13.1 Å². The Morgan fingerprint density at radius 2 is 1.74 bits per heavy atom. The van der Waals surface area contributed by atoms with E-state index in [0.29, 0.717) is 24.6 Å². The molecule has 4 heteroatoms. The maximum Gasteiger partial charge on any atom is 0.338 e. The molecule has 4 nitrogen and oxygen atoms in total. The van der Waals surface area contributed by atoms with Crippen molar-refractivity contribution in [2.75, 3.05) is 19.7 Å². The van der Waals surface area contributed by atoms with E-state index in [1.807, 2.05) is 30.3 Å². The number of hydrogen-bond acceptors (Lipinski definition) is 3. The van der Waals surface area contributed by atoms with Gasteiger partial charge in [0.1, 0.15) is 0 Å². The predicted molar refractivity (Wildman–Crippen MR) is 106 cm³/mol. The highest BCUT2D eigenvalue weighted by atomic mass is 16.5. The smallest absolute Gasteiger partial charge is 0.338 e. The molecule has 1 aliphatic rings. The monoisotopic (exact) mass is 363 g/mol. The van der Waals surface area contributed by atoms with Gasteiger partial charge in [-0.15, -0.1) is 0 Å². The first-order chi connectivity index (χ1) is 13.0. The number of carbonyl (C=O) groups is 2. The highest BCUT2D eigenvalue weighted by Crippen LogP contribution is 2.22. The van der Waals surface area contributed by atoms with Gasteiger partial charge in [0.25, 0.3) is 5.91 Å². The Morgan fingerprint density at radius 3 is 2.33 bits per heavy atom. The second-order valence-electron chi connectivity index (χ2n) is 7.04. The highest BCUT2D eigenvalue weighted by molar-refractivity contribution is 5.91. The van der Waals surface area contributed by atoms with E-state index in [-0.39, 0.29) is 12.5 Å². The molecule has 2 aromatic carbocycles. The van der Waals surface area contributed by atoms with Crippen LogP contribution in [0.15, 0.2) is 60.7 Å². The maximum absolute atomic E-state index is 12.3. The molecule has 0 aliphatic carbocycles. The zero-order valence-electron chi connectivity index (χ0n) is 15.9. The predicted octanol–water partition coefficient (Wildman–Crippen LogP) is 4.28. The van der Waals surface area contributed by atoms with Crippen LogP contribution in [-0.2, 0) is 9.53 Å². The SMILES string of the molecule is CC(C)c1ccc(C(=O)OCC(=O)N2CC=C(c3ccccc3)CC2)cc1. The molecule has 1 heterocycles. The van der Waals surface area contributed by atoms with Crippen LogP contribution in [0.3, 0.4) is 0 Å². The number of rotatable bonds is 5. The maximum atomic E-state index is 12.3. The zero-order chi connectivity index (χ0) is 19.2. The summed E-state index contributed by atoms with van der Waals surface area (Å²) in [6.07, 6.45) is 2.88. The molecule has 0 atom stereocenters. The van der Waals surface area contributed by atoms with Gasteiger partial charge in [-0.05, 0) is 41.2 Å². The summed E-state index contributed by atoms with van der Waals surface area (Å²) in [6.45, 7) is 5.16. The van der Waals surface area contributed by atoms with E-state index in [1.54, 1.807) is 17.0 Å². The van der Waals surface area contributed by atoms with Crippen molar-refractivity contribution in [1.82, 2.24) is 4.90 Å². The van der Waals surface area contributed by atoms with E-state index in [2.05, 4.69) is 32.1 Å². The van der Waals surface area contributed by atoms with Crippen molar-refractivity contribution >= 4 is 17.4 Å². The van der Waals surface area contributed by atoms with Gasteiger partial charge in [-0.1, -0.05) is 62.4 Å². The average molecular weight is 363 g/mol. The Kier molecular flexibility index (Phi) is 6.07. The molecule has 0 saturated heterocycles. The minimum atomic E-state index is -0.462. The molecule has 0 N–H and O–H groups in total. The molecule has 140 valence electrons. The summed E-state index contributed by atoms with van der Waals surface area (Å²) in [5, 5.41) is 0. The Hall–Kier alpha value is -2.88. The van der Waals surface area contributed by atoms with Gasteiger partial charge in [0.2, 0.25) is 0 Å². The van der Waals surface area contributed by atoms with Gasteiger partial charge in [-0.2, -0.15) is 0 Å². The van der Waals surface area contributed by atoms with Crippen molar-refractivity contribution in [2.24, 2.45) is 0 Å². The minimum absolute atomic E-state index is 0.162. The topological polar surface area (TPSA) is 46.6 Å². The van der Waals surface area contributed by atoms with Crippen LogP contribution in [0.25, 0.3) is 5.57 Å². The van der Waals surface area contributed by atoms with Crippen LogP contribution < -0.4 is 0 Å². The third kappa shape index (κ3) is 4.85. The molecule has 0 unspecified atom stereocenters. The summed E-state index contributed by atoms with van der Waals surface area (Å²) >= 11 is 0. The van der Waals surface area contributed by atoms with E-state index in [9.17, 15) is 9.59 Å². The number of benzene rings is 2. The number of esters is 1. The van der Waals surface area contributed by atoms with Crippen molar-refractivity contribution in [3.05, 3.63) is 77.4 Å². The Bertz CT molecular complexity index is 822. The fourth-order valence-corrected chi connectivity index (χ4v) is 3.12. The summed E-state index contributed by atoms with van der Waals surface area (Å²) in [5.74, 6) is -0.216. The molecule has 1 aliphatic heterocycles. The lowest BCUT2D eigenvalue weighted by molar-refractivity contribution is -0.134. The van der Waals surface area contributed by atoms with Crippen LogP contribution in [0, 0.1) is 0 Å². The first kappa shape index (κ1) is 18.9. The fourth-order valence-electron chi connectivity index (χ4n) is 3.12. The lowest BCUT2D eigenvalue weighted by atomic mass is 10.00.